The number of carboxylic acid groups (broad SMARTS) is 1. The first kappa shape index (κ1) is 12.7. The van der Waals surface area contributed by atoms with E-state index in [0.717, 1.165) is 11.9 Å². The Hall–Kier alpha value is -1.27. The van der Waals surface area contributed by atoms with Crippen LogP contribution in [0, 0.1) is 0 Å². The topological polar surface area (TPSA) is 57.6 Å². The van der Waals surface area contributed by atoms with Gasteiger partial charge in [-0.25, -0.2) is 0 Å². The van der Waals surface area contributed by atoms with Gasteiger partial charge in [-0.1, -0.05) is 0 Å². The number of carboxylic acids is 1. The Morgan fingerprint density at radius 1 is 1.36 bits per heavy atom. The number of alkyl halides is 3. The molecule has 0 aliphatic heterocycles. The van der Waals surface area contributed by atoms with Crippen molar-refractivity contribution in [1.82, 2.24) is 4.90 Å². The van der Waals surface area contributed by atoms with Crippen LogP contribution in [0.2, 0.25) is 0 Å². The fraction of sp³-hybridized carbons (Fsp3) is 0.714. The minimum atomic E-state index is -4.39. The number of carbonyl (C=O) groups excluding carboxylic acids is 1. The van der Waals surface area contributed by atoms with Gasteiger partial charge in [0.25, 0.3) is 0 Å². The molecular weight excluding hydrogens is 203 g/mol. The summed E-state index contributed by atoms with van der Waals surface area (Å²) in [4.78, 5) is 21.7. The Morgan fingerprint density at radius 3 is 2.21 bits per heavy atom. The van der Waals surface area contributed by atoms with Gasteiger partial charge >= 0.3 is 12.1 Å². The number of rotatable bonds is 4. The van der Waals surface area contributed by atoms with Gasteiger partial charge < -0.3 is 10.0 Å². The number of carbonyl (C=O) groups is 2. The van der Waals surface area contributed by atoms with Gasteiger partial charge in [-0.3, -0.25) is 9.59 Å². The molecule has 0 atom stereocenters. The summed E-state index contributed by atoms with van der Waals surface area (Å²) in [5, 5.41) is 8.24. The zero-order valence-electron chi connectivity index (χ0n) is 7.47. The average Bonchev–Trinajstić information content (AvgIpc) is 1.97. The van der Waals surface area contributed by atoms with E-state index < -0.39 is 37.4 Å². The maximum absolute atomic E-state index is 11.7. The quantitative estimate of drug-likeness (QED) is 0.753. The van der Waals surface area contributed by atoms with E-state index in [0.29, 0.717) is 0 Å². The number of amides is 1. The second kappa shape index (κ2) is 4.83. The van der Waals surface area contributed by atoms with E-state index in [4.69, 9.17) is 5.11 Å². The third-order valence-electron chi connectivity index (χ3n) is 1.42. The highest BCUT2D eigenvalue weighted by atomic mass is 19.4. The van der Waals surface area contributed by atoms with E-state index in [9.17, 15) is 22.8 Å². The molecule has 1 amide bonds. The van der Waals surface area contributed by atoms with Crippen molar-refractivity contribution in [2.45, 2.75) is 19.0 Å². The van der Waals surface area contributed by atoms with Gasteiger partial charge in [-0.15, -0.1) is 0 Å². The van der Waals surface area contributed by atoms with Crippen molar-refractivity contribution in [3.8, 4) is 0 Å². The summed E-state index contributed by atoms with van der Waals surface area (Å²) in [6, 6.07) is 0. The first-order valence-corrected chi connectivity index (χ1v) is 3.75. The highest BCUT2D eigenvalue weighted by Gasteiger charge is 2.28. The van der Waals surface area contributed by atoms with Gasteiger partial charge in [-0.2, -0.15) is 13.2 Å². The number of nitrogens with zero attached hydrogens (tertiary/aromatic N) is 1. The number of likely N-dealkylation sites (N-methyl/N-ethyl adjacent to an activating group) is 1. The van der Waals surface area contributed by atoms with E-state index in [1.807, 2.05) is 0 Å². The van der Waals surface area contributed by atoms with E-state index in [1.54, 1.807) is 0 Å². The van der Waals surface area contributed by atoms with E-state index in [-0.39, 0.29) is 0 Å². The summed E-state index contributed by atoms with van der Waals surface area (Å²) < 4.78 is 35.0. The molecule has 0 spiro atoms. The highest BCUT2D eigenvalue weighted by molar-refractivity contribution is 5.80. The molecule has 4 nitrogen and oxygen atoms in total. The lowest BCUT2D eigenvalue weighted by Crippen LogP contribution is -2.32. The molecule has 0 saturated heterocycles. The summed E-state index contributed by atoms with van der Waals surface area (Å²) >= 11 is 0. The van der Waals surface area contributed by atoms with Crippen molar-refractivity contribution in [2.75, 3.05) is 13.6 Å². The molecule has 0 fully saturated rings. The molecule has 82 valence electrons. The molecule has 0 aromatic heterocycles. The van der Waals surface area contributed by atoms with Crippen molar-refractivity contribution < 1.29 is 27.9 Å². The van der Waals surface area contributed by atoms with Gasteiger partial charge in [0.1, 0.15) is 6.54 Å². The lowest BCUT2D eigenvalue weighted by atomic mass is 10.3. The number of halogens is 3. The molecule has 0 aromatic rings. The lowest BCUT2D eigenvalue weighted by Gasteiger charge is -2.14. The molecule has 0 rings (SSSR count). The predicted molar refractivity (Wildman–Crippen MR) is 40.6 cm³/mol. The standard InChI is InChI=1S/C7H10F3NO3/c1-11(4-6(13)14)5(12)2-3-7(8,9)10/h2-4H2,1H3,(H,13,14). The molecule has 0 radical (unpaired) electrons. The van der Waals surface area contributed by atoms with Crippen molar-refractivity contribution in [1.29, 1.82) is 0 Å². The van der Waals surface area contributed by atoms with Crippen LogP contribution in [0.25, 0.3) is 0 Å². The minimum absolute atomic E-state index is 0.587. The Morgan fingerprint density at radius 2 is 1.86 bits per heavy atom. The van der Waals surface area contributed by atoms with Crippen molar-refractivity contribution in [2.24, 2.45) is 0 Å². The van der Waals surface area contributed by atoms with Gasteiger partial charge in [-0.05, 0) is 0 Å². The van der Waals surface area contributed by atoms with Gasteiger partial charge in [0.05, 0.1) is 6.42 Å². The molecule has 1 N–H and O–H groups in total. The van der Waals surface area contributed by atoms with Gasteiger partial charge in [0.2, 0.25) is 5.91 Å². The fourth-order valence-electron chi connectivity index (χ4n) is 0.731. The summed E-state index contributed by atoms with van der Waals surface area (Å²) in [6.45, 7) is -0.587. The summed E-state index contributed by atoms with van der Waals surface area (Å²) in [5.74, 6) is -2.09. The van der Waals surface area contributed by atoms with Gasteiger partial charge in [0, 0.05) is 13.5 Å². The first-order chi connectivity index (χ1) is 6.22. The Bertz CT molecular complexity index is 227. The monoisotopic (exact) mass is 213 g/mol. The van der Waals surface area contributed by atoms with Crippen LogP contribution in [0.4, 0.5) is 13.2 Å². The average molecular weight is 213 g/mol. The zero-order chi connectivity index (χ0) is 11.4. The molecule has 0 unspecified atom stereocenters. The fourth-order valence-corrected chi connectivity index (χ4v) is 0.731. The Kier molecular flexibility index (Phi) is 4.39. The van der Waals surface area contributed by atoms with Crippen LogP contribution in [-0.2, 0) is 9.59 Å². The van der Waals surface area contributed by atoms with Crippen LogP contribution in [-0.4, -0.2) is 41.7 Å². The molecule has 0 aliphatic rings. The summed E-state index contributed by atoms with van der Waals surface area (Å²) in [5.41, 5.74) is 0. The summed E-state index contributed by atoms with van der Waals surface area (Å²) in [7, 11) is 1.15. The second-order valence-electron chi connectivity index (χ2n) is 2.76. The molecule has 14 heavy (non-hydrogen) atoms. The molecule has 0 heterocycles. The van der Waals surface area contributed by atoms with Crippen LogP contribution >= 0.6 is 0 Å². The first-order valence-electron chi connectivity index (χ1n) is 3.75. The molecule has 0 aliphatic carbocycles. The van der Waals surface area contributed by atoms with Crippen molar-refractivity contribution in [3.63, 3.8) is 0 Å². The minimum Gasteiger partial charge on any atom is -0.480 e. The van der Waals surface area contributed by atoms with Crippen LogP contribution in [0.1, 0.15) is 12.8 Å². The Labute approximate surface area is 78.3 Å². The van der Waals surface area contributed by atoms with Crippen LogP contribution in [0.15, 0.2) is 0 Å². The second-order valence-corrected chi connectivity index (χ2v) is 2.76. The zero-order valence-corrected chi connectivity index (χ0v) is 7.47. The smallest absolute Gasteiger partial charge is 0.389 e. The van der Waals surface area contributed by atoms with E-state index >= 15 is 0 Å². The largest absolute Gasteiger partial charge is 0.480 e. The molecule has 0 bridgehead atoms. The number of aliphatic carboxylic acids is 1. The SMILES string of the molecule is CN(CC(=O)O)C(=O)CCC(F)(F)F. The lowest BCUT2D eigenvalue weighted by molar-refractivity contribution is -0.151. The third-order valence-corrected chi connectivity index (χ3v) is 1.42. The highest BCUT2D eigenvalue weighted by Crippen LogP contribution is 2.21. The normalized spacial score (nSPS) is 11.1. The number of hydrogen-bond donors (Lipinski definition) is 1. The molecular formula is C7H10F3NO3. The summed E-state index contributed by atoms with van der Waals surface area (Å²) in [6.07, 6.45) is -6.33. The van der Waals surface area contributed by atoms with Crippen molar-refractivity contribution in [3.05, 3.63) is 0 Å². The third kappa shape index (κ3) is 6.27. The van der Waals surface area contributed by atoms with Crippen LogP contribution in [0.5, 0.6) is 0 Å². The van der Waals surface area contributed by atoms with Crippen LogP contribution < -0.4 is 0 Å². The maximum Gasteiger partial charge on any atom is 0.389 e. The van der Waals surface area contributed by atoms with Crippen LogP contribution in [0.3, 0.4) is 0 Å². The van der Waals surface area contributed by atoms with E-state index in [1.165, 1.54) is 0 Å². The molecule has 0 saturated carbocycles. The van der Waals surface area contributed by atoms with Gasteiger partial charge in [0.15, 0.2) is 0 Å². The predicted octanol–water partition coefficient (Wildman–Crippen LogP) is 0.872. The molecule has 7 heteroatoms. The maximum atomic E-state index is 11.7. The Balaban J connectivity index is 3.91. The van der Waals surface area contributed by atoms with E-state index in [2.05, 4.69) is 0 Å². The number of hydrogen-bond acceptors (Lipinski definition) is 2. The van der Waals surface area contributed by atoms with Crippen molar-refractivity contribution >= 4 is 11.9 Å². The molecule has 0 aromatic carbocycles.